The van der Waals surface area contributed by atoms with Gasteiger partial charge in [0, 0.05) is 26.2 Å². The Morgan fingerprint density at radius 1 is 0.936 bits per heavy atom. The fourth-order valence-electron chi connectivity index (χ4n) is 5.20. The molecule has 0 aliphatic carbocycles. The van der Waals surface area contributed by atoms with Crippen LogP contribution in [0.4, 0.5) is 0 Å². The van der Waals surface area contributed by atoms with Crippen molar-refractivity contribution in [3.63, 3.8) is 0 Å². The molecular weight excluding hydrogens is 610 g/mol. The lowest BCUT2D eigenvalue weighted by molar-refractivity contribution is -0.132. The fourth-order valence-corrected chi connectivity index (χ4v) is 5.20. The van der Waals surface area contributed by atoms with Crippen molar-refractivity contribution in [3.05, 3.63) is 53.5 Å². The van der Waals surface area contributed by atoms with Gasteiger partial charge in [0.2, 0.25) is 5.75 Å². The van der Waals surface area contributed by atoms with Gasteiger partial charge < -0.3 is 53.8 Å². The molecule has 1 atom stereocenters. The molecule has 0 spiro atoms. The van der Waals surface area contributed by atoms with Crippen molar-refractivity contribution in [1.82, 2.24) is 9.80 Å². The number of esters is 1. The molecule has 1 aromatic carbocycles. The molecule has 1 unspecified atom stereocenters. The molecule has 1 heterocycles. The van der Waals surface area contributed by atoms with E-state index in [-0.39, 0.29) is 24.0 Å². The van der Waals surface area contributed by atoms with Gasteiger partial charge in [0.25, 0.3) is 0 Å². The number of carbonyl (C=O) groups excluding carboxylic acids is 1. The number of nitrogens with zero attached hydrogens (tertiary/aromatic N) is 2. The van der Waals surface area contributed by atoms with Crippen molar-refractivity contribution in [1.29, 1.82) is 0 Å². The molecule has 0 amide bonds. The number of allylic oxidation sites excluding steroid dienone is 1. The number of hydrogen-bond donors (Lipinski definition) is 2. The summed E-state index contributed by atoms with van der Waals surface area (Å²) in [5.41, 5.74) is 5.96. The van der Waals surface area contributed by atoms with Crippen LogP contribution in [0.2, 0.25) is 0 Å². The molecule has 2 rings (SSSR count). The Hall–Kier alpha value is -3.78. The molecule has 0 saturated carbocycles. The standard InChI is InChI=1S/C34H53N3O10/c1-7-25(33(38)39)21-28(41-2)31(44-5)24-46-20-8-11-27(12-17-37-16-10-15-36(18-19-37)14-9-13-35)47-34(40)26-22-29(42-3)32(45-6)30(23-26)43-4/h7,21-23,27H,1,8-20,24,35H2,2-6H3,(H,38,39)/b25-21+,31-28-. The third-order valence-electron chi connectivity index (χ3n) is 7.84. The number of methoxy groups -OCH3 is 5. The quantitative estimate of drug-likeness (QED) is 0.0613. The second-order valence-electron chi connectivity index (χ2n) is 10.9. The second kappa shape index (κ2) is 21.9. The fraction of sp³-hybridized carbons (Fsp3) is 0.588. The maximum atomic E-state index is 13.4. The third-order valence-corrected chi connectivity index (χ3v) is 7.84. The SMILES string of the molecule is C=C/C(=C\C(OC)=C(/COCCCC(CCN1CCCN(CCCN)CC1)OC(=O)c1cc(OC)c(OC)c(OC)c1)OC)C(=O)O. The molecule has 1 aliphatic heterocycles. The Balaban J connectivity index is 2.11. The monoisotopic (exact) mass is 663 g/mol. The van der Waals surface area contributed by atoms with E-state index in [0.717, 1.165) is 52.1 Å². The average Bonchev–Trinajstić information content (AvgIpc) is 3.32. The van der Waals surface area contributed by atoms with Crippen LogP contribution in [0.15, 0.2) is 48.0 Å². The zero-order valence-electron chi connectivity index (χ0n) is 28.6. The van der Waals surface area contributed by atoms with Crippen LogP contribution < -0.4 is 19.9 Å². The Bertz CT molecular complexity index is 1180. The predicted molar refractivity (Wildman–Crippen MR) is 178 cm³/mol. The van der Waals surface area contributed by atoms with Crippen LogP contribution in [0.25, 0.3) is 0 Å². The van der Waals surface area contributed by atoms with Crippen LogP contribution in [0.1, 0.15) is 42.5 Å². The van der Waals surface area contributed by atoms with E-state index in [1.165, 1.54) is 47.7 Å². The zero-order valence-corrected chi connectivity index (χ0v) is 28.6. The molecular formula is C34H53N3O10. The van der Waals surface area contributed by atoms with Crippen LogP contribution in [-0.4, -0.2) is 128 Å². The van der Waals surface area contributed by atoms with Crippen molar-refractivity contribution in [3.8, 4) is 17.2 Å². The lowest BCUT2D eigenvalue weighted by Gasteiger charge is -2.25. The van der Waals surface area contributed by atoms with Crippen LogP contribution in [0.5, 0.6) is 17.2 Å². The number of hydrogen-bond acceptors (Lipinski definition) is 12. The number of nitrogens with two attached hydrogens (primary N) is 1. The minimum atomic E-state index is -1.14. The topological polar surface area (TPSA) is 151 Å². The Kier molecular flexibility index (Phi) is 18.4. The van der Waals surface area contributed by atoms with E-state index >= 15 is 0 Å². The van der Waals surface area contributed by atoms with Gasteiger partial charge >= 0.3 is 11.9 Å². The number of carbonyl (C=O) groups is 2. The number of carboxylic acids is 1. The van der Waals surface area contributed by atoms with E-state index < -0.39 is 11.9 Å². The highest BCUT2D eigenvalue weighted by Gasteiger charge is 2.23. The molecule has 0 bridgehead atoms. The predicted octanol–water partition coefficient (Wildman–Crippen LogP) is 3.48. The van der Waals surface area contributed by atoms with Gasteiger partial charge in [-0.15, -0.1) is 0 Å². The summed E-state index contributed by atoms with van der Waals surface area (Å²) in [6, 6.07) is 3.16. The summed E-state index contributed by atoms with van der Waals surface area (Å²) in [7, 11) is 7.37. The first-order valence-electron chi connectivity index (χ1n) is 15.9. The summed E-state index contributed by atoms with van der Waals surface area (Å²) in [5.74, 6) is 0.0498. The maximum Gasteiger partial charge on any atom is 0.338 e. The summed E-state index contributed by atoms with van der Waals surface area (Å²) in [6.07, 6.45) is 6.06. The minimum Gasteiger partial charge on any atom is -0.495 e. The van der Waals surface area contributed by atoms with Crippen molar-refractivity contribution < 1.29 is 47.9 Å². The summed E-state index contributed by atoms with van der Waals surface area (Å²) < 4.78 is 38.9. The Morgan fingerprint density at radius 2 is 1.60 bits per heavy atom. The van der Waals surface area contributed by atoms with Gasteiger partial charge in [-0.05, 0) is 76.5 Å². The van der Waals surface area contributed by atoms with E-state index in [1.54, 1.807) is 12.1 Å². The summed E-state index contributed by atoms with van der Waals surface area (Å²) in [5, 5.41) is 9.31. The number of aliphatic carboxylic acids is 1. The smallest absolute Gasteiger partial charge is 0.338 e. The van der Waals surface area contributed by atoms with E-state index in [0.29, 0.717) is 61.0 Å². The van der Waals surface area contributed by atoms with E-state index in [1.807, 2.05) is 0 Å². The number of rotatable bonds is 22. The maximum absolute atomic E-state index is 13.4. The van der Waals surface area contributed by atoms with Crippen LogP contribution in [0, 0.1) is 0 Å². The van der Waals surface area contributed by atoms with Gasteiger partial charge in [-0.3, -0.25) is 0 Å². The van der Waals surface area contributed by atoms with Gasteiger partial charge in [0.15, 0.2) is 23.0 Å². The molecule has 264 valence electrons. The highest BCUT2D eigenvalue weighted by atomic mass is 16.6. The normalized spacial score (nSPS) is 15.6. The van der Waals surface area contributed by atoms with Gasteiger partial charge in [-0.25, -0.2) is 9.59 Å². The molecule has 13 heteroatoms. The Labute approximate surface area is 278 Å². The van der Waals surface area contributed by atoms with Crippen LogP contribution in [-0.2, 0) is 23.7 Å². The van der Waals surface area contributed by atoms with E-state index in [9.17, 15) is 14.7 Å². The molecule has 1 aromatic rings. The first-order valence-corrected chi connectivity index (χ1v) is 15.9. The lowest BCUT2D eigenvalue weighted by Crippen LogP contribution is -2.34. The van der Waals surface area contributed by atoms with Gasteiger partial charge in [-0.1, -0.05) is 12.7 Å². The van der Waals surface area contributed by atoms with Crippen LogP contribution in [0.3, 0.4) is 0 Å². The minimum absolute atomic E-state index is 0.0409. The van der Waals surface area contributed by atoms with Gasteiger partial charge in [-0.2, -0.15) is 0 Å². The third kappa shape index (κ3) is 13.1. The summed E-state index contributed by atoms with van der Waals surface area (Å²) in [4.78, 5) is 29.7. The molecule has 1 aliphatic rings. The Morgan fingerprint density at radius 3 is 2.13 bits per heavy atom. The van der Waals surface area contributed by atoms with E-state index in [4.69, 9.17) is 38.9 Å². The first-order chi connectivity index (χ1) is 22.7. The van der Waals surface area contributed by atoms with Crippen molar-refractivity contribution in [2.45, 2.75) is 38.2 Å². The van der Waals surface area contributed by atoms with Crippen molar-refractivity contribution >= 4 is 11.9 Å². The summed E-state index contributed by atoms with van der Waals surface area (Å²) >= 11 is 0. The number of benzene rings is 1. The van der Waals surface area contributed by atoms with E-state index in [2.05, 4.69) is 16.4 Å². The molecule has 0 radical (unpaired) electrons. The second-order valence-corrected chi connectivity index (χ2v) is 10.9. The van der Waals surface area contributed by atoms with Gasteiger partial charge in [0.05, 0.1) is 46.7 Å². The van der Waals surface area contributed by atoms with Crippen molar-refractivity contribution in [2.75, 3.05) is 94.6 Å². The first kappa shape index (κ1) is 39.4. The van der Waals surface area contributed by atoms with Gasteiger partial charge in [0.1, 0.15) is 12.7 Å². The number of carboxylic acid groups (broad SMARTS) is 1. The largest absolute Gasteiger partial charge is 0.495 e. The summed E-state index contributed by atoms with van der Waals surface area (Å²) in [6.45, 7) is 10.4. The molecule has 1 fully saturated rings. The molecule has 0 aromatic heterocycles. The zero-order chi connectivity index (χ0) is 34.6. The lowest BCUT2D eigenvalue weighted by atomic mass is 10.1. The average molecular weight is 664 g/mol. The van der Waals surface area contributed by atoms with Crippen LogP contribution >= 0.6 is 0 Å². The highest BCUT2D eigenvalue weighted by Crippen LogP contribution is 2.38. The molecule has 1 saturated heterocycles. The van der Waals surface area contributed by atoms with Crippen molar-refractivity contribution in [2.24, 2.45) is 5.73 Å². The molecule has 47 heavy (non-hydrogen) atoms. The highest BCUT2D eigenvalue weighted by molar-refractivity contribution is 5.91. The molecule has 13 nitrogen and oxygen atoms in total. The molecule has 3 N–H and O–H groups in total. The number of ether oxygens (including phenoxy) is 7.